The summed E-state index contributed by atoms with van der Waals surface area (Å²) in [6.07, 6.45) is -0.837. The normalized spacial score (nSPS) is 21.8. The van der Waals surface area contributed by atoms with Crippen LogP contribution in [0.4, 0.5) is 0 Å². The summed E-state index contributed by atoms with van der Waals surface area (Å²) in [5.41, 5.74) is -0.921. The Morgan fingerprint density at radius 3 is 2.37 bits per heavy atom. The molecule has 19 heavy (non-hydrogen) atoms. The summed E-state index contributed by atoms with van der Waals surface area (Å²) in [6, 6.07) is 6.84. The molecule has 0 aromatic heterocycles. The second-order valence-corrected chi connectivity index (χ2v) is 5.37. The van der Waals surface area contributed by atoms with Crippen LogP contribution in [0.15, 0.2) is 29.3 Å². The van der Waals surface area contributed by atoms with Gasteiger partial charge in [-0.3, -0.25) is 0 Å². The van der Waals surface area contributed by atoms with Gasteiger partial charge in [0.25, 0.3) is 0 Å². The van der Waals surface area contributed by atoms with Crippen molar-refractivity contribution in [2.75, 3.05) is 0 Å². The third-order valence-electron chi connectivity index (χ3n) is 2.80. The van der Waals surface area contributed by atoms with Crippen LogP contribution in [-0.2, 0) is 4.74 Å². The number of hydrogen-bond acceptors (Lipinski definition) is 5. The monoisotopic (exact) mass is 285 g/mol. The molecule has 1 heterocycles. The Labute approximate surface area is 116 Å². The average Bonchev–Trinajstić information content (AvgIpc) is 2.57. The van der Waals surface area contributed by atoms with Crippen LogP contribution in [0.2, 0.25) is 5.02 Å². The van der Waals surface area contributed by atoms with Crippen molar-refractivity contribution >= 4 is 17.5 Å². The topological polar surface area (TPSA) is 71.3 Å². The molecule has 0 saturated heterocycles. The van der Waals surface area contributed by atoms with Crippen LogP contribution < -0.4 is 4.74 Å². The highest BCUT2D eigenvalue weighted by atomic mass is 35.5. The van der Waals surface area contributed by atoms with Crippen LogP contribution in [-0.4, -0.2) is 33.7 Å². The number of nitrogens with zero attached hydrogens (tertiary/aromatic N) is 1. The Balaban J connectivity index is 2.17. The summed E-state index contributed by atoms with van der Waals surface area (Å²) >= 11 is 5.80. The molecule has 0 fully saturated rings. The number of halogens is 1. The van der Waals surface area contributed by atoms with Gasteiger partial charge in [0.1, 0.15) is 5.75 Å². The smallest absolute Gasteiger partial charge is 0.306 e. The van der Waals surface area contributed by atoms with Gasteiger partial charge in [0.05, 0.1) is 0 Å². The number of rotatable bonds is 3. The summed E-state index contributed by atoms with van der Waals surface area (Å²) in [4.78, 5) is 3.74. The predicted octanol–water partition coefficient (Wildman–Crippen LogP) is 1.95. The van der Waals surface area contributed by atoms with Crippen molar-refractivity contribution in [3.8, 4) is 5.75 Å². The van der Waals surface area contributed by atoms with E-state index in [1.165, 1.54) is 6.92 Å². The number of benzene rings is 1. The van der Waals surface area contributed by atoms with Gasteiger partial charge in [-0.2, -0.15) is 4.99 Å². The van der Waals surface area contributed by atoms with Gasteiger partial charge in [-0.15, -0.1) is 0 Å². The van der Waals surface area contributed by atoms with Crippen LogP contribution in [0.3, 0.4) is 0 Å². The zero-order chi connectivity index (χ0) is 14.3. The third-order valence-corrected chi connectivity index (χ3v) is 3.05. The molecule has 0 bridgehead atoms. The molecule has 104 valence electrons. The second-order valence-electron chi connectivity index (χ2n) is 4.93. The van der Waals surface area contributed by atoms with E-state index in [0.29, 0.717) is 10.8 Å². The number of hydrogen-bond donors (Lipinski definition) is 2. The molecule has 2 rings (SSSR count). The first-order valence-corrected chi connectivity index (χ1v) is 6.25. The molecule has 1 aromatic rings. The zero-order valence-corrected chi connectivity index (χ0v) is 11.7. The van der Waals surface area contributed by atoms with Gasteiger partial charge in [0.15, 0.2) is 11.7 Å². The fourth-order valence-corrected chi connectivity index (χ4v) is 1.76. The first kappa shape index (κ1) is 14.1. The molecule has 0 saturated carbocycles. The maximum absolute atomic E-state index is 9.57. The molecule has 2 N–H and O–H groups in total. The predicted molar refractivity (Wildman–Crippen MR) is 71.3 cm³/mol. The van der Waals surface area contributed by atoms with E-state index in [9.17, 15) is 10.2 Å². The van der Waals surface area contributed by atoms with E-state index in [2.05, 4.69) is 4.99 Å². The molecule has 6 heteroatoms. The van der Waals surface area contributed by atoms with Crippen molar-refractivity contribution in [1.82, 2.24) is 0 Å². The Hall–Kier alpha value is -1.30. The molecule has 0 spiro atoms. The van der Waals surface area contributed by atoms with E-state index in [0.717, 1.165) is 0 Å². The lowest BCUT2D eigenvalue weighted by Gasteiger charge is -2.26. The van der Waals surface area contributed by atoms with E-state index in [1.807, 2.05) is 0 Å². The van der Waals surface area contributed by atoms with E-state index < -0.39 is 17.6 Å². The summed E-state index contributed by atoms with van der Waals surface area (Å²) in [5.74, 6) is -1.49. The van der Waals surface area contributed by atoms with Gasteiger partial charge in [0, 0.05) is 5.02 Å². The Morgan fingerprint density at radius 2 is 1.89 bits per heavy atom. The van der Waals surface area contributed by atoms with E-state index in [-0.39, 0.29) is 5.90 Å². The molecule has 1 atom stereocenters. The average molecular weight is 286 g/mol. The van der Waals surface area contributed by atoms with E-state index in [1.54, 1.807) is 38.1 Å². The number of ether oxygens (including phenoxy) is 2. The maximum Gasteiger partial charge on any atom is 0.306 e. The second kappa shape index (κ2) is 4.67. The third kappa shape index (κ3) is 3.00. The molecule has 1 aliphatic heterocycles. The molecule has 0 amide bonds. The molecule has 1 unspecified atom stereocenters. The highest BCUT2D eigenvalue weighted by Gasteiger charge is 2.45. The Morgan fingerprint density at radius 1 is 1.32 bits per heavy atom. The van der Waals surface area contributed by atoms with Gasteiger partial charge < -0.3 is 19.7 Å². The largest absolute Gasteiger partial charge is 0.478 e. The van der Waals surface area contributed by atoms with Gasteiger partial charge in [-0.25, -0.2) is 0 Å². The fraction of sp³-hybridized carbons (Fsp3) is 0.462. The van der Waals surface area contributed by atoms with Crippen molar-refractivity contribution in [2.24, 2.45) is 4.99 Å². The van der Waals surface area contributed by atoms with Crippen LogP contribution >= 0.6 is 11.6 Å². The minimum Gasteiger partial charge on any atom is -0.478 e. The van der Waals surface area contributed by atoms with Gasteiger partial charge in [0.2, 0.25) is 5.90 Å². The first-order chi connectivity index (χ1) is 8.71. The van der Waals surface area contributed by atoms with Gasteiger partial charge in [-0.05, 0) is 45.0 Å². The highest BCUT2D eigenvalue weighted by Crippen LogP contribution is 2.28. The SMILES string of the molecule is CC1OC(C(C)(C)Oc2ccc(Cl)cc2)=NC1(O)O. The summed E-state index contributed by atoms with van der Waals surface area (Å²) < 4.78 is 11.1. The highest BCUT2D eigenvalue weighted by molar-refractivity contribution is 6.30. The molecular formula is C13H16ClNO4. The molecule has 5 nitrogen and oxygen atoms in total. The van der Waals surface area contributed by atoms with Crippen molar-refractivity contribution in [1.29, 1.82) is 0 Å². The van der Waals surface area contributed by atoms with E-state index >= 15 is 0 Å². The minimum atomic E-state index is -2.21. The first-order valence-electron chi connectivity index (χ1n) is 5.87. The molecule has 0 aliphatic carbocycles. The maximum atomic E-state index is 9.57. The van der Waals surface area contributed by atoms with Gasteiger partial charge >= 0.3 is 5.91 Å². The zero-order valence-electron chi connectivity index (χ0n) is 10.9. The van der Waals surface area contributed by atoms with Crippen molar-refractivity contribution < 1.29 is 19.7 Å². The molecule has 1 aliphatic rings. The Bertz CT molecular complexity index is 496. The van der Waals surface area contributed by atoms with Crippen molar-refractivity contribution in [3.63, 3.8) is 0 Å². The molecule has 0 radical (unpaired) electrons. The lowest BCUT2D eigenvalue weighted by molar-refractivity contribution is -0.191. The van der Waals surface area contributed by atoms with Crippen LogP contribution in [0.5, 0.6) is 5.75 Å². The summed E-state index contributed by atoms with van der Waals surface area (Å²) in [5, 5.41) is 19.7. The standard InChI is InChI=1S/C13H16ClNO4/c1-8-13(16,17)15-11(18-8)12(2,3)19-10-6-4-9(14)5-7-10/h4-8,16-17H,1-3H3. The number of aliphatic hydroxyl groups is 2. The quantitative estimate of drug-likeness (QED) is 0.833. The van der Waals surface area contributed by atoms with Crippen molar-refractivity contribution in [3.05, 3.63) is 29.3 Å². The Kier molecular flexibility index (Phi) is 3.47. The van der Waals surface area contributed by atoms with Crippen molar-refractivity contribution in [2.45, 2.75) is 38.4 Å². The lowest BCUT2D eigenvalue weighted by atomic mass is 10.1. The van der Waals surface area contributed by atoms with Crippen LogP contribution in [0.25, 0.3) is 0 Å². The van der Waals surface area contributed by atoms with Gasteiger partial charge in [-0.1, -0.05) is 11.6 Å². The van der Waals surface area contributed by atoms with Crippen LogP contribution in [0.1, 0.15) is 20.8 Å². The van der Waals surface area contributed by atoms with Crippen LogP contribution in [0, 0.1) is 0 Å². The lowest BCUT2D eigenvalue weighted by Crippen LogP contribution is -2.39. The minimum absolute atomic E-state index is 0.139. The summed E-state index contributed by atoms with van der Waals surface area (Å²) in [6.45, 7) is 4.98. The van der Waals surface area contributed by atoms with E-state index in [4.69, 9.17) is 21.1 Å². The number of aliphatic imine (C=N–C) groups is 1. The molecular weight excluding hydrogens is 270 g/mol. The summed E-state index contributed by atoms with van der Waals surface area (Å²) in [7, 11) is 0. The molecule has 1 aromatic carbocycles. The fourth-order valence-electron chi connectivity index (χ4n) is 1.63.